The van der Waals surface area contributed by atoms with Crippen LogP contribution >= 0.6 is 0 Å². The Morgan fingerprint density at radius 3 is 2.40 bits per heavy atom. The van der Waals surface area contributed by atoms with Crippen molar-refractivity contribution in [2.24, 2.45) is 11.6 Å². The maximum absolute atomic E-state index is 10.8. The predicted molar refractivity (Wildman–Crippen MR) is 53.8 cm³/mol. The number of ether oxygens (including phenoxy) is 2. The highest BCUT2D eigenvalue weighted by Gasteiger charge is 2.11. The Balaban J connectivity index is 3.25. The highest BCUT2D eigenvalue weighted by Crippen LogP contribution is 1.85. The number of hydrogen-bond acceptors (Lipinski definition) is 6. The number of carbonyl (C=O) groups excluding carboxylic acids is 1. The van der Waals surface area contributed by atoms with E-state index < -0.39 is 11.9 Å². The lowest BCUT2D eigenvalue weighted by Crippen LogP contribution is -2.42. The number of hydrogen-bond donors (Lipinski definition) is 3. The van der Waals surface area contributed by atoms with Gasteiger partial charge in [0.25, 0.3) is 0 Å². The largest absolute Gasteiger partial charge is 0.377 e. The highest BCUT2D eigenvalue weighted by atomic mass is 16.6. The molecule has 0 heterocycles. The topological polar surface area (TPSA) is 109 Å². The highest BCUT2D eigenvalue weighted by molar-refractivity contribution is 5.79. The third-order valence-electron chi connectivity index (χ3n) is 1.69. The first kappa shape index (κ1) is 14.3. The standard InChI is InChI=1S/C8H19N3O4/c1-11-7(8(9)12)6-14-3-2-13-4-5-15-10/h7,11H,2-6,10H2,1H3,(H2,9,12). The summed E-state index contributed by atoms with van der Waals surface area (Å²) in [5.74, 6) is 4.35. The molecule has 0 fully saturated rings. The number of likely N-dealkylation sites (N-methyl/N-ethyl adjacent to an activating group) is 1. The molecule has 0 rings (SSSR count). The Hall–Kier alpha value is -0.730. The zero-order valence-corrected chi connectivity index (χ0v) is 8.90. The van der Waals surface area contributed by atoms with E-state index >= 15 is 0 Å². The molecule has 0 aromatic heterocycles. The van der Waals surface area contributed by atoms with Crippen molar-refractivity contribution >= 4 is 5.91 Å². The van der Waals surface area contributed by atoms with Gasteiger partial charge in [0.2, 0.25) is 5.91 Å². The van der Waals surface area contributed by atoms with Crippen molar-refractivity contribution in [3.63, 3.8) is 0 Å². The Morgan fingerprint density at radius 2 is 1.87 bits per heavy atom. The van der Waals surface area contributed by atoms with E-state index in [4.69, 9.17) is 21.1 Å². The summed E-state index contributed by atoms with van der Waals surface area (Å²) in [5, 5.41) is 2.74. The van der Waals surface area contributed by atoms with Crippen LogP contribution in [0, 0.1) is 0 Å². The van der Waals surface area contributed by atoms with Crippen molar-refractivity contribution in [1.29, 1.82) is 0 Å². The molecule has 0 spiro atoms. The molecule has 0 bridgehead atoms. The van der Waals surface area contributed by atoms with Crippen LogP contribution in [0.15, 0.2) is 0 Å². The van der Waals surface area contributed by atoms with E-state index in [1.54, 1.807) is 7.05 Å². The summed E-state index contributed by atoms with van der Waals surface area (Å²) in [6.45, 7) is 1.84. The molecule has 0 radical (unpaired) electrons. The monoisotopic (exact) mass is 221 g/mol. The summed E-state index contributed by atoms with van der Waals surface area (Å²) in [7, 11) is 1.65. The average molecular weight is 221 g/mol. The van der Waals surface area contributed by atoms with Crippen molar-refractivity contribution in [2.45, 2.75) is 6.04 Å². The van der Waals surface area contributed by atoms with E-state index in [1.165, 1.54) is 0 Å². The summed E-state index contributed by atoms with van der Waals surface area (Å²) in [6.07, 6.45) is 0. The molecule has 7 heteroatoms. The first-order chi connectivity index (χ1) is 7.22. The van der Waals surface area contributed by atoms with E-state index in [1.807, 2.05) is 0 Å². The number of nitrogens with two attached hydrogens (primary N) is 2. The lowest BCUT2D eigenvalue weighted by Gasteiger charge is -2.12. The fourth-order valence-corrected chi connectivity index (χ4v) is 0.836. The van der Waals surface area contributed by atoms with Crippen LogP contribution in [-0.2, 0) is 19.1 Å². The van der Waals surface area contributed by atoms with E-state index in [9.17, 15) is 4.79 Å². The van der Waals surface area contributed by atoms with Crippen LogP contribution in [0.5, 0.6) is 0 Å². The Morgan fingerprint density at radius 1 is 1.27 bits per heavy atom. The number of amides is 1. The van der Waals surface area contributed by atoms with Crippen LogP contribution in [0.2, 0.25) is 0 Å². The molecule has 5 N–H and O–H groups in total. The van der Waals surface area contributed by atoms with Gasteiger partial charge in [0.1, 0.15) is 6.04 Å². The van der Waals surface area contributed by atoms with Gasteiger partial charge >= 0.3 is 0 Å². The van der Waals surface area contributed by atoms with Gasteiger partial charge in [-0.05, 0) is 7.05 Å². The third kappa shape index (κ3) is 8.28. The van der Waals surface area contributed by atoms with Crippen LogP contribution in [0.1, 0.15) is 0 Å². The number of primary amides is 1. The fourth-order valence-electron chi connectivity index (χ4n) is 0.836. The summed E-state index contributed by atoms with van der Waals surface area (Å²) in [6, 6.07) is -0.461. The van der Waals surface area contributed by atoms with Gasteiger partial charge in [-0.2, -0.15) is 0 Å². The molecule has 1 atom stereocenters. The minimum absolute atomic E-state index is 0.239. The normalized spacial score (nSPS) is 12.7. The average Bonchev–Trinajstić information content (AvgIpc) is 2.21. The third-order valence-corrected chi connectivity index (χ3v) is 1.69. The van der Waals surface area contributed by atoms with Crippen molar-refractivity contribution < 1.29 is 19.1 Å². The number of rotatable bonds is 10. The number of nitrogens with one attached hydrogen (secondary N) is 1. The van der Waals surface area contributed by atoms with Gasteiger partial charge in [-0.25, -0.2) is 5.90 Å². The van der Waals surface area contributed by atoms with Gasteiger partial charge in [0, 0.05) is 0 Å². The van der Waals surface area contributed by atoms with Crippen LogP contribution in [0.4, 0.5) is 0 Å². The molecule has 15 heavy (non-hydrogen) atoms. The zero-order chi connectivity index (χ0) is 11.5. The quantitative estimate of drug-likeness (QED) is 0.290. The van der Waals surface area contributed by atoms with Crippen molar-refractivity contribution in [3.05, 3.63) is 0 Å². The first-order valence-electron chi connectivity index (χ1n) is 4.66. The Kier molecular flexibility index (Phi) is 9.33. The fraction of sp³-hybridized carbons (Fsp3) is 0.875. The lowest BCUT2D eigenvalue weighted by molar-refractivity contribution is -0.121. The van der Waals surface area contributed by atoms with Crippen LogP contribution in [0.3, 0.4) is 0 Å². The summed E-state index contributed by atoms with van der Waals surface area (Å²) >= 11 is 0. The molecule has 1 unspecified atom stereocenters. The van der Waals surface area contributed by atoms with Crippen LogP contribution in [-0.4, -0.2) is 52.0 Å². The Labute approximate surface area is 89.0 Å². The molecule has 0 aromatic rings. The summed E-state index contributed by atoms with van der Waals surface area (Å²) < 4.78 is 10.3. The maximum atomic E-state index is 10.8. The Bertz CT molecular complexity index is 168. The zero-order valence-electron chi connectivity index (χ0n) is 8.90. The molecule has 0 aliphatic rings. The van der Waals surface area contributed by atoms with E-state index in [0.29, 0.717) is 26.4 Å². The first-order valence-corrected chi connectivity index (χ1v) is 4.66. The van der Waals surface area contributed by atoms with Crippen LogP contribution < -0.4 is 16.9 Å². The van der Waals surface area contributed by atoms with E-state index in [2.05, 4.69) is 10.2 Å². The van der Waals surface area contributed by atoms with Gasteiger partial charge in [-0.3, -0.25) is 4.79 Å². The van der Waals surface area contributed by atoms with Crippen molar-refractivity contribution in [1.82, 2.24) is 5.32 Å². The SMILES string of the molecule is CNC(COCCOCCON)C(N)=O. The number of carbonyl (C=O) groups is 1. The molecule has 0 saturated heterocycles. The maximum Gasteiger partial charge on any atom is 0.236 e. The van der Waals surface area contributed by atoms with Gasteiger partial charge in [-0.15, -0.1) is 0 Å². The predicted octanol–water partition coefficient (Wildman–Crippen LogP) is -2.02. The molecule has 0 aliphatic carbocycles. The molecular formula is C8H19N3O4. The summed E-state index contributed by atoms with van der Waals surface area (Å²) in [5.41, 5.74) is 5.08. The summed E-state index contributed by atoms with van der Waals surface area (Å²) in [4.78, 5) is 15.1. The van der Waals surface area contributed by atoms with Crippen LogP contribution in [0.25, 0.3) is 0 Å². The molecule has 0 aromatic carbocycles. The van der Waals surface area contributed by atoms with Gasteiger partial charge in [0.05, 0.1) is 33.0 Å². The second-order valence-corrected chi connectivity index (χ2v) is 2.80. The second kappa shape index (κ2) is 9.81. The van der Waals surface area contributed by atoms with E-state index in [0.717, 1.165) is 0 Å². The molecule has 1 amide bonds. The molecule has 90 valence electrons. The molecule has 0 aliphatic heterocycles. The van der Waals surface area contributed by atoms with Gasteiger partial charge < -0.3 is 25.4 Å². The van der Waals surface area contributed by atoms with Gasteiger partial charge in [-0.1, -0.05) is 0 Å². The minimum atomic E-state index is -0.461. The van der Waals surface area contributed by atoms with Crippen molar-refractivity contribution in [2.75, 3.05) is 40.1 Å². The van der Waals surface area contributed by atoms with Gasteiger partial charge in [0.15, 0.2) is 0 Å². The molecule has 0 saturated carbocycles. The smallest absolute Gasteiger partial charge is 0.236 e. The lowest BCUT2D eigenvalue weighted by atomic mass is 10.3. The molecule has 7 nitrogen and oxygen atoms in total. The van der Waals surface area contributed by atoms with Crippen molar-refractivity contribution in [3.8, 4) is 0 Å². The second-order valence-electron chi connectivity index (χ2n) is 2.80. The molecular weight excluding hydrogens is 202 g/mol. The van der Waals surface area contributed by atoms with E-state index in [-0.39, 0.29) is 6.61 Å². The minimum Gasteiger partial charge on any atom is -0.377 e.